The van der Waals surface area contributed by atoms with E-state index in [0.717, 1.165) is 24.8 Å². The highest BCUT2D eigenvalue weighted by molar-refractivity contribution is 5.79. The molecule has 4 saturated carbocycles. The van der Waals surface area contributed by atoms with Crippen LogP contribution in [0.5, 0.6) is 0 Å². The van der Waals surface area contributed by atoms with Crippen LogP contribution in [0.25, 0.3) is 0 Å². The molecule has 13 N–H and O–H groups in total. The van der Waals surface area contributed by atoms with Crippen molar-refractivity contribution >= 4 is 5.97 Å². The van der Waals surface area contributed by atoms with Crippen LogP contribution in [0, 0.1) is 50.7 Å². The summed E-state index contributed by atoms with van der Waals surface area (Å²) in [4.78, 5) is 15.6. The van der Waals surface area contributed by atoms with Gasteiger partial charge in [-0.2, -0.15) is 0 Å². The van der Waals surface area contributed by atoms with Gasteiger partial charge >= 0.3 is 5.97 Å². The minimum absolute atomic E-state index is 0.154. The van der Waals surface area contributed by atoms with E-state index in [1.54, 1.807) is 6.92 Å². The molecule has 8 fully saturated rings. The number of hydrogen-bond acceptors (Lipinski definition) is 22. The normalized spacial score (nSPS) is 55.8. The number of ether oxygens (including phenoxy) is 8. The van der Waals surface area contributed by atoms with Gasteiger partial charge in [-0.05, 0) is 111 Å². The molecule has 0 amide bonds. The van der Waals surface area contributed by atoms with Crippen LogP contribution in [0.2, 0.25) is 0 Å². The molecule has 0 radical (unpaired) electrons. The Labute approximate surface area is 437 Å². The summed E-state index contributed by atoms with van der Waals surface area (Å²) in [6.07, 6.45) is -23.0. The molecular formula is C53H86O22. The zero-order valence-electron chi connectivity index (χ0n) is 44.4. The van der Waals surface area contributed by atoms with E-state index in [1.165, 1.54) is 6.92 Å². The molecular weight excluding hydrogens is 989 g/mol. The molecule has 4 saturated heterocycles. The average Bonchev–Trinajstić information content (AvgIpc) is 3.36. The standard InChI is InChI=1S/C53H86O22/c1-22-11-16-53(47(66)75-46-41(74-45-40(65)35(60)31(56)23(2)70-45)37(62)34(59)27(72-46)21-69-43-39(64)36(61)33(58)26(19-54)71-43)18-17-50(6)24(42(53)52(22,8)67)9-10-29-49(5)14-13-30(48(3,4)28(49)12-15-51(29,50)7)73-44-38(63)32(57)25(55)20-68-44/h9,22-23,25-46,54-65,67H,10-21H2,1-8H3. The number of hydrogen-bond donors (Lipinski definition) is 13. The van der Waals surface area contributed by atoms with E-state index >= 15 is 4.79 Å². The Morgan fingerprint density at radius 1 is 0.640 bits per heavy atom. The molecule has 75 heavy (non-hydrogen) atoms. The Balaban J connectivity index is 1.01. The zero-order chi connectivity index (χ0) is 54.9. The van der Waals surface area contributed by atoms with Crippen LogP contribution in [0.3, 0.4) is 0 Å². The van der Waals surface area contributed by atoms with Crippen molar-refractivity contribution in [2.75, 3.05) is 19.8 Å². The summed E-state index contributed by atoms with van der Waals surface area (Å²) in [7, 11) is 0. The summed E-state index contributed by atoms with van der Waals surface area (Å²) in [5.74, 6) is -1.42. The largest absolute Gasteiger partial charge is 0.432 e. The van der Waals surface area contributed by atoms with E-state index in [1.807, 2.05) is 6.92 Å². The summed E-state index contributed by atoms with van der Waals surface area (Å²) in [5, 5.41) is 141. The van der Waals surface area contributed by atoms with Gasteiger partial charge in [-0.1, -0.05) is 53.2 Å². The summed E-state index contributed by atoms with van der Waals surface area (Å²) in [6.45, 7) is 15.0. The van der Waals surface area contributed by atoms with Gasteiger partial charge in [0, 0.05) is 5.92 Å². The first-order valence-corrected chi connectivity index (χ1v) is 27.3. The number of aliphatic hydroxyl groups is 13. The Hall–Kier alpha value is -1.59. The molecule has 22 nitrogen and oxygen atoms in total. The third-order valence-corrected chi connectivity index (χ3v) is 21.4. The first kappa shape index (κ1) is 58.1. The first-order chi connectivity index (χ1) is 35.0. The molecule has 9 aliphatic rings. The molecule has 9 rings (SSSR count). The van der Waals surface area contributed by atoms with Crippen molar-refractivity contribution in [2.24, 2.45) is 50.7 Å². The van der Waals surface area contributed by atoms with Crippen LogP contribution < -0.4 is 0 Å². The third-order valence-electron chi connectivity index (χ3n) is 21.4. The number of rotatable bonds is 10. The number of carbonyl (C=O) groups excluding carboxylic acids is 1. The molecule has 29 unspecified atom stereocenters. The Morgan fingerprint density at radius 3 is 1.97 bits per heavy atom. The smallest absolute Gasteiger partial charge is 0.315 e. The van der Waals surface area contributed by atoms with Gasteiger partial charge in [0.25, 0.3) is 0 Å². The van der Waals surface area contributed by atoms with Crippen molar-refractivity contribution in [1.82, 2.24) is 0 Å². The number of allylic oxidation sites excluding steroid dienone is 1. The average molecular weight is 1080 g/mol. The predicted molar refractivity (Wildman–Crippen MR) is 257 cm³/mol. The minimum atomic E-state index is -1.97. The molecule has 0 aromatic carbocycles. The summed E-state index contributed by atoms with van der Waals surface area (Å²) >= 11 is 0. The molecule has 22 heteroatoms. The van der Waals surface area contributed by atoms with Crippen LogP contribution in [0.1, 0.15) is 113 Å². The van der Waals surface area contributed by atoms with Crippen LogP contribution in [-0.4, -0.2) is 221 Å². The van der Waals surface area contributed by atoms with Crippen molar-refractivity contribution in [2.45, 2.75) is 242 Å². The Bertz CT molecular complexity index is 2080. The van der Waals surface area contributed by atoms with Crippen LogP contribution >= 0.6 is 0 Å². The van der Waals surface area contributed by atoms with E-state index in [-0.39, 0.29) is 46.7 Å². The molecule has 0 bridgehead atoms. The highest BCUT2D eigenvalue weighted by Crippen LogP contribution is 2.76. The van der Waals surface area contributed by atoms with Crippen LogP contribution in [-0.2, 0) is 42.7 Å². The summed E-state index contributed by atoms with van der Waals surface area (Å²) in [5.41, 5.74) is -3.19. The monoisotopic (exact) mass is 1070 g/mol. The van der Waals surface area contributed by atoms with Crippen molar-refractivity contribution < 1.29 is 109 Å². The number of carbonyl (C=O) groups is 1. The minimum Gasteiger partial charge on any atom is -0.432 e. The number of esters is 1. The molecule has 0 aromatic heterocycles. The van der Waals surface area contributed by atoms with Gasteiger partial charge < -0.3 is 104 Å². The second-order valence-corrected chi connectivity index (χ2v) is 25.5. The molecule has 4 heterocycles. The lowest BCUT2D eigenvalue weighted by Gasteiger charge is -2.72. The SMILES string of the molecule is CC1OC(OC2C(OC(=O)C34CCC(C)C(C)(O)C3C3=CCC5C6(C)CCC(OC7OCC(O)C(O)C7O)C(C)(C)C6CCC5(C)C3(C)CC4)OC(COC3OC(CO)C(O)C(O)C3O)C(O)C2O)C(O)C(O)C1O. The van der Waals surface area contributed by atoms with E-state index in [2.05, 4.69) is 40.7 Å². The predicted octanol–water partition coefficient (Wildman–Crippen LogP) is -1.40. The highest BCUT2D eigenvalue weighted by atomic mass is 16.8. The van der Waals surface area contributed by atoms with Crippen LogP contribution in [0.15, 0.2) is 11.6 Å². The van der Waals surface area contributed by atoms with Gasteiger partial charge in [0.15, 0.2) is 25.0 Å². The lowest BCUT2D eigenvalue weighted by atomic mass is 9.33. The van der Waals surface area contributed by atoms with Gasteiger partial charge in [0.2, 0.25) is 6.29 Å². The van der Waals surface area contributed by atoms with E-state index in [0.29, 0.717) is 38.5 Å². The first-order valence-electron chi connectivity index (χ1n) is 27.3. The van der Waals surface area contributed by atoms with Gasteiger partial charge in [0.1, 0.15) is 79.4 Å². The number of fused-ring (bicyclic) bond motifs is 7. The lowest BCUT2D eigenvalue weighted by molar-refractivity contribution is -0.366. The van der Waals surface area contributed by atoms with E-state index in [4.69, 9.17) is 37.9 Å². The van der Waals surface area contributed by atoms with Gasteiger partial charge in [-0.3, -0.25) is 4.79 Å². The zero-order valence-corrected chi connectivity index (χ0v) is 44.4. The molecule has 0 spiro atoms. The topological polar surface area (TPSA) is 354 Å². The molecule has 29 atom stereocenters. The van der Waals surface area contributed by atoms with Gasteiger partial charge in [0.05, 0.1) is 43.0 Å². The second-order valence-electron chi connectivity index (χ2n) is 25.5. The van der Waals surface area contributed by atoms with Crippen molar-refractivity contribution in [1.29, 1.82) is 0 Å². The van der Waals surface area contributed by atoms with Gasteiger partial charge in [-0.15, -0.1) is 0 Å². The fraction of sp³-hybridized carbons (Fsp3) is 0.943. The fourth-order valence-electron chi connectivity index (χ4n) is 16.3. The Morgan fingerprint density at radius 2 is 1.28 bits per heavy atom. The van der Waals surface area contributed by atoms with E-state index < -0.39 is 158 Å². The summed E-state index contributed by atoms with van der Waals surface area (Å²) in [6, 6.07) is 0. The molecule has 5 aliphatic carbocycles. The maximum absolute atomic E-state index is 15.6. The van der Waals surface area contributed by atoms with Crippen molar-refractivity contribution in [3.05, 3.63) is 11.6 Å². The maximum Gasteiger partial charge on any atom is 0.315 e. The van der Waals surface area contributed by atoms with Crippen molar-refractivity contribution in [3.8, 4) is 0 Å². The third kappa shape index (κ3) is 9.21. The molecule has 4 aliphatic heterocycles. The quantitative estimate of drug-likeness (QED) is 0.0680. The lowest BCUT2D eigenvalue weighted by Crippen LogP contribution is -2.68. The van der Waals surface area contributed by atoms with E-state index in [9.17, 15) is 66.4 Å². The van der Waals surface area contributed by atoms with Crippen molar-refractivity contribution in [3.63, 3.8) is 0 Å². The summed E-state index contributed by atoms with van der Waals surface area (Å²) < 4.78 is 47.8. The highest BCUT2D eigenvalue weighted by Gasteiger charge is 2.72. The Kier molecular flexibility index (Phi) is 16.1. The molecule has 0 aromatic rings. The maximum atomic E-state index is 15.6. The molecule has 430 valence electrons. The number of aliphatic hydroxyl groups excluding tert-OH is 12. The second kappa shape index (κ2) is 20.7. The van der Waals surface area contributed by atoms with Crippen LogP contribution in [0.4, 0.5) is 0 Å². The van der Waals surface area contributed by atoms with Gasteiger partial charge in [-0.25, -0.2) is 0 Å². The fourth-order valence-corrected chi connectivity index (χ4v) is 16.3.